The number of pyridine rings is 2. The van der Waals surface area contributed by atoms with Crippen LogP contribution in [0.2, 0.25) is 0 Å². The van der Waals surface area contributed by atoms with Gasteiger partial charge in [-0.25, -0.2) is 0 Å². The van der Waals surface area contributed by atoms with E-state index in [9.17, 15) is 9.59 Å². The quantitative estimate of drug-likeness (QED) is 0.667. The Balaban J connectivity index is 1.85. The number of hydrogen-bond donors (Lipinski definition) is 1. The first-order chi connectivity index (χ1) is 14.3. The monoisotopic (exact) mass is 402 g/mol. The van der Waals surface area contributed by atoms with Gasteiger partial charge < -0.3 is 10.2 Å². The molecule has 2 aromatic heterocycles. The largest absolute Gasteiger partial charge is 0.330 e. The first kappa shape index (κ1) is 21.2. The van der Waals surface area contributed by atoms with E-state index in [1.807, 2.05) is 45.0 Å². The summed E-state index contributed by atoms with van der Waals surface area (Å²) < 4.78 is 0. The van der Waals surface area contributed by atoms with E-state index >= 15 is 0 Å². The van der Waals surface area contributed by atoms with Crippen molar-refractivity contribution in [2.45, 2.75) is 33.9 Å². The number of nitrogens with one attached hydrogen (secondary N) is 1. The third kappa shape index (κ3) is 5.73. The van der Waals surface area contributed by atoms with Crippen molar-refractivity contribution < 1.29 is 9.59 Å². The molecule has 0 saturated carbocycles. The van der Waals surface area contributed by atoms with Crippen LogP contribution in [0.25, 0.3) is 0 Å². The van der Waals surface area contributed by atoms with Gasteiger partial charge in [-0.05, 0) is 47.5 Å². The lowest BCUT2D eigenvalue weighted by molar-refractivity contribution is -0.123. The van der Waals surface area contributed by atoms with Crippen molar-refractivity contribution in [3.63, 3.8) is 0 Å². The van der Waals surface area contributed by atoms with Gasteiger partial charge in [0.25, 0.3) is 5.91 Å². The SMILES string of the molecule is CC(C)(C)C(=O)Nc1cccc(C(=O)N(Cc2ccncc2)Cc2cccnc2)c1. The molecule has 0 aliphatic carbocycles. The van der Waals surface area contributed by atoms with Crippen molar-refractivity contribution in [3.8, 4) is 0 Å². The highest BCUT2D eigenvalue weighted by atomic mass is 16.2. The minimum Gasteiger partial charge on any atom is -0.330 e. The fourth-order valence-electron chi connectivity index (χ4n) is 2.85. The molecule has 0 fully saturated rings. The topological polar surface area (TPSA) is 75.2 Å². The predicted molar refractivity (Wildman–Crippen MR) is 117 cm³/mol. The van der Waals surface area contributed by atoms with Gasteiger partial charge in [-0.2, -0.15) is 0 Å². The van der Waals surface area contributed by atoms with Gasteiger partial charge in [-0.1, -0.05) is 32.9 Å². The smallest absolute Gasteiger partial charge is 0.254 e. The second-order valence-corrected chi connectivity index (χ2v) is 8.16. The Morgan fingerprint density at radius 2 is 1.63 bits per heavy atom. The fourth-order valence-corrected chi connectivity index (χ4v) is 2.85. The molecule has 3 aromatic rings. The number of amides is 2. The van der Waals surface area contributed by atoms with Gasteiger partial charge in [0.2, 0.25) is 5.91 Å². The zero-order valence-corrected chi connectivity index (χ0v) is 17.5. The Kier molecular flexibility index (Phi) is 6.57. The summed E-state index contributed by atoms with van der Waals surface area (Å²) in [6.45, 7) is 6.41. The highest BCUT2D eigenvalue weighted by Crippen LogP contribution is 2.20. The Hall–Kier alpha value is -3.54. The minimum atomic E-state index is -0.520. The summed E-state index contributed by atoms with van der Waals surface area (Å²) in [5, 5.41) is 2.89. The molecule has 1 aromatic carbocycles. The molecule has 30 heavy (non-hydrogen) atoms. The van der Waals surface area contributed by atoms with Crippen LogP contribution in [-0.2, 0) is 17.9 Å². The fraction of sp³-hybridized carbons (Fsp3) is 0.250. The van der Waals surface area contributed by atoms with Crippen LogP contribution in [0.5, 0.6) is 0 Å². The van der Waals surface area contributed by atoms with Crippen molar-refractivity contribution in [2.24, 2.45) is 5.41 Å². The van der Waals surface area contributed by atoms with Crippen LogP contribution in [0.4, 0.5) is 5.69 Å². The highest BCUT2D eigenvalue weighted by Gasteiger charge is 2.22. The first-order valence-corrected chi connectivity index (χ1v) is 9.81. The maximum absolute atomic E-state index is 13.4. The zero-order valence-electron chi connectivity index (χ0n) is 17.5. The van der Waals surface area contributed by atoms with Gasteiger partial charge in [-0.15, -0.1) is 0 Å². The van der Waals surface area contributed by atoms with Gasteiger partial charge >= 0.3 is 0 Å². The second kappa shape index (κ2) is 9.31. The average molecular weight is 402 g/mol. The average Bonchev–Trinajstić information content (AvgIpc) is 2.74. The molecular weight excluding hydrogens is 376 g/mol. The standard InChI is InChI=1S/C24H26N4O2/c1-24(2,3)23(30)27-21-8-4-7-20(14-21)22(29)28(16-18-9-12-25-13-10-18)17-19-6-5-11-26-15-19/h4-15H,16-17H2,1-3H3,(H,27,30). The van der Waals surface area contributed by atoms with Gasteiger partial charge in [0.15, 0.2) is 0 Å². The third-order valence-electron chi connectivity index (χ3n) is 4.55. The molecule has 0 spiro atoms. The van der Waals surface area contributed by atoms with Crippen LogP contribution < -0.4 is 5.32 Å². The molecule has 0 saturated heterocycles. The van der Waals surface area contributed by atoms with E-state index in [0.717, 1.165) is 11.1 Å². The molecule has 6 nitrogen and oxygen atoms in total. The molecule has 0 bridgehead atoms. The number of carbonyl (C=O) groups excluding carboxylic acids is 2. The first-order valence-electron chi connectivity index (χ1n) is 9.81. The van der Waals surface area contributed by atoms with E-state index < -0.39 is 5.41 Å². The van der Waals surface area contributed by atoms with E-state index in [-0.39, 0.29) is 11.8 Å². The highest BCUT2D eigenvalue weighted by molar-refractivity contribution is 5.98. The number of benzene rings is 1. The summed E-state index contributed by atoms with van der Waals surface area (Å²) in [7, 11) is 0. The third-order valence-corrected chi connectivity index (χ3v) is 4.55. The van der Waals surface area contributed by atoms with E-state index in [4.69, 9.17) is 0 Å². The summed E-state index contributed by atoms with van der Waals surface area (Å²) in [5.74, 6) is -0.223. The Labute approximate surface area is 177 Å². The zero-order chi connectivity index (χ0) is 21.6. The summed E-state index contributed by atoms with van der Waals surface area (Å²) in [6, 6.07) is 14.6. The molecule has 1 N–H and O–H groups in total. The number of rotatable bonds is 6. The predicted octanol–water partition coefficient (Wildman–Crippen LogP) is 4.30. The molecule has 0 radical (unpaired) electrons. The van der Waals surface area contributed by atoms with E-state index in [2.05, 4.69) is 15.3 Å². The van der Waals surface area contributed by atoms with Crippen LogP contribution in [0, 0.1) is 5.41 Å². The summed E-state index contributed by atoms with van der Waals surface area (Å²) in [5.41, 5.74) is 2.52. The molecule has 0 unspecified atom stereocenters. The lowest BCUT2D eigenvalue weighted by Gasteiger charge is -2.23. The van der Waals surface area contributed by atoms with Crippen LogP contribution in [0.1, 0.15) is 42.3 Å². The molecule has 0 atom stereocenters. The van der Waals surface area contributed by atoms with Gasteiger partial charge in [0.05, 0.1) is 0 Å². The number of aromatic nitrogens is 2. The minimum absolute atomic E-state index is 0.101. The molecule has 0 aliphatic heterocycles. The Bertz CT molecular complexity index is 957. The van der Waals surface area contributed by atoms with Crippen LogP contribution in [-0.4, -0.2) is 26.7 Å². The second-order valence-electron chi connectivity index (χ2n) is 8.16. The maximum atomic E-state index is 13.4. The van der Waals surface area contributed by atoms with Crippen LogP contribution >= 0.6 is 0 Å². The molecular formula is C24H26N4O2. The molecule has 3 rings (SSSR count). The summed E-state index contributed by atoms with van der Waals surface area (Å²) in [6.07, 6.45) is 6.89. The Morgan fingerprint density at radius 3 is 2.30 bits per heavy atom. The lowest BCUT2D eigenvalue weighted by atomic mass is 9.95. The van der Waals surface area contributed by atoms with Crippen molar-refractivity contribution in [2.75, 3.05) is 5.32 Å². The lowest BCUT2D eigenvalue weighted by Crippen LogP contribution is -2.30. The number of hydrogen-bond acceptors (Lipinski definition) is 4. The molecule has 0 aliphatic rings. The van der Waals surface area contributed by atoms with Crippen molar-refractivity contribution >= 4 is 17.5 Å². The number of carbonyl (C=O) groups is 2. The normalized spacial score (nSPS) is 11.0. The van der Waals surface area contributed by atoms with E-state index in [0.29, 0.717) is 24.3 Å². The van der Waals surface area contributed by atoms with Crippen molar-refractivity contribution in [1.82, 2.24) is 14.9 Å². The van der Waals surface area contributed by atoms with Crippen LogP contribution in [0.3, 0.4) is 0 Å². The molecule has 2 amide bonds. The summed E-state index contributed by atoms with van der Waals surface area (Å²) >= 11 is 0. The van der Waals surface area contributed by atoms with Crippen LogP contribution in [0.15, 0.2) is 73.3 Å². The molecule has 6 heteroatoms. The summed E-state index contributed by atoms with van der Waals surface area (Å²) in [4.78, 5) is 35.6. The van der Waals surface area contributed by atoms with Crippen molar-refractivity contribution in [3.05, 3.63) is 90.0 Å². The molecule has 2 heterocycles. The van der Waals surface area contributed by atoms with E-state index in [1.165, 1.54) is 0 Å². The van der Waals surface area contributed by atoms with Gasteiger partial charge in [0.1, 0.15) is 0 Å². The van der Waals surface area contributed by atoms with Gasteiger partial charge in [-0.3, -0.25) is 19.6 Å². The Morgan fingerprint density at radius 1 is 0.900 bits per heavy atom. The number of anilines is 1. The van der Waals surface area contributed by atoms with Crippen molar-refractivity contribution in [1.29, 1.82) is 0 Å². The molecule has 154 valence electrons. The maximum Gasteiger partial charge on any atom is 0.254 e. The van der Waals surface area contributed by atoms with E-state index in [1.54, 1.807) is 54.0 Å². The van der Waals surface area contributed by atoms with Gasteiger partial charge in [0, 0.05) is 54.5 Å². The number of nitrogens with zero attached hydrogens (tertiary/aromatic N) is 3.